The van der Waals surface area contributed by atoms with Crippen LogP contribution in [-0.2, 0) is 11.3 Å². The lowest BCUT2D eigenvalue weighted by Crippen LogP contribution is -2.17. The van der Waals surface area contributed by atoms with Crippen molar-refractivity contribution in [2.75, 3.05) is 12.3 Å². The molecule has 0 radical (unpaired) electrons. The van der Waals surface area contributed by atoms with Crippen molar-refractivity contribution in [1.82, 2.24) is 20.2 Å². The molecule has 1 atom stereocenters. The summed E-state index contributed by atoms with van der Waals surface area (Å²) in [4.78, 5) is 0. The molecule has 0 amide bonds. The van der Waals surface area contributed by atoms with Gasteiger partial charge in [0.1, 0.15) is 0 Å². The minimum absolute atomic E-state index is 0.204. The highest BCUT2D eigenvalue weighted by Gasteiger charge is 2.19. The van der Waals surface area contributed by atoms with E-state index in [0.717, 1.165) is 35.3 Å². The Morgan fingerprint density at radius 3 is 3.11 bits per heavy atom. The quantitative estimate of drug-likeness (QED) is 0.872. The van der Waals surface area contributed by atoms with Crippen LogP contribution in [0.5, 0.6) is 0 Å². The van der Waals surface area contributed by atoms with Gasteiger partial charge in [-0.3, -0.25) is 0 Å². The van der Waals surface area contributed by atoms with E-state index in [1.54, 1.807) is 4.68 Å². The average Bonchev–Trinajstić information content (AvgIpc) is 3.05. The first-order chi connectivity index (χ1) is 9.24. The number of nitrogens with two attached hydrogens (primary N) is 1. The van der Waals surface area contributed by atoms with Crippen molar-refractivity contribution in [3.63, 3.8) is 0 Å². The van der Waals surface area contributed by atoms with Gasteiger partial charge in [-0.25, -0.2) is 4.68 Å². The lowest BCUT2D eigenvalue weighted by Gasteiger charge is -2.10. The lowest BCUT2D eigenvalue weighted by molar-refractivity contribution is 0.0939. The van der Waals surface area contributed by atoms with Crippen LogP contribution >= 0.6 is 15.9 Å². The summed E-state index contributed by atoms with van der Waals surface area (Å²) < 4.78 is 8.26. The van der Waals surface area contributed by atoms with Gasteiger partial charge >= 0.3 is 0 Å². The number of hydrogen-bond donors (Lipinski definition) is 1. The van der Waals surface area contributed by atoms with Crippen LogP contribution in [-0.4, -0.2) is 32.9 Å². The third kappa shape index (κ3) is 2.62. The third-order valence-corrected chi connectivity index (χ3v) is 3.91. The Labute approximate surface area is 119 Å². The largest absolute Gasteiger partial charge is 0.398 e. The predicted octanol–water partition coefficient (Wildman–Crippen LogP) is 1.86. The summed E-state index contributed by atoms with van der Waals surface area (Å²) in [6.45, 7) is 1.51. The molecule has 1 saturated heterocycles. The van der Waals surface area contributed by atoms with Crippen molar-refractivity contribution in [1.29, 1.82) is 0 Å². The van der Waals surface area contributed by atoms with Crippen LogP contribution in [0.15, 0.2) is 22.7 Å². The number of benzene rings is 1. The first-order valence-electron chi connectivity index (χ1n) is 6.17. The van der Waals surface area contributed by atoms with Gasteiger partial charge in [0, 0.05) is 22.3 Å². The molecule has 2 heterocycles. The zero-order valence-electron chi connectivity index (χ0n) is 10.3. The molecule has 0 saturated carbocycles. The Kier molecular flexibility index (Phi) is 3.48. The average molecular weight is 324 g/mol. The Bertz CT molecular complexity index is 579. The van der Waals surface area contributed by atoms with Gasteiger partial charge in [-0.05, 0) is 57.4 Å². The Morgan fingerprint density at radius 1 is 1.47 bits per heavy atom. The van der Waals surface area contributed by atoms with Crippen molar-refractivity contribution in [3.05, 3.63) is 22.7 Å². The van der Waals surface area contributed by atoms with Crippen LogP contribution < -0.4 is 5.73 Å². The van der Waals surface area contributed by atoms with E-state index in [2.05, 4.69) is 31.5 Å². The third-order valence-electron chi connectivity index (χ3n) is 3.19. The standard InChI is InChI=1S/C12H14BrN5O/c13-10-4-3-8(6-11(10)14)12-15-16-17-18(12)7-9-2-1-5-19-9/h3-4,6,9H,1-2,5,7,14H2. The second kappa shape index (κ2) is 5.26. The number of ether oxygens (including phenoxy) is 1. The minimum atomic E-state index is 0.204. The number of nitrogens with zero attached hydrogens (tertiary/aromatic N) is 4. The highest BCUT2D eigenvalue weighted by atomic mass is 79.9. The first kappa shape index (κ1) is 12.6. The number of anilines is 1. The van der Waals surface area contributed by atoms with E-state index in [1.807, 2.05) is 18.2 Å². The summed E-state index contributed by atoms with van der Waals surface area (Å²) in [6, 6.07) is 5.70. The van der Waals surface area contributed by atoms with Crippen molar-refractivity contribution < 1.29 is 4.74 Å². The molecule has 1 aliphatic rings. The van der Waals surface area contributed by atoms with Crippen molar-refractivity contribution in [2.24, 2.45) is 0 Å². The number of nitrogen functional groups attached to an aromatic ring is 1. The van der Waals surface area contributed by atoms with E-state index in [0.29, 0.717) is 12.2 Å². The smallest absolute Gasteiger partial charge is 0.182 e. The van der Waals surface area contributed by atoms with Gasteiger partial charge < -0.3 is 10.5 Å². The molecule has 0 spiro atoms. The summed E-state index contributed by atoms with van der Waals surface area (Å²) in [7, 11) is 0. The Balaban J connectivity index is 1.87. The lowest BCUT2D eigenvalue weighted by atomic mass is 10.2. The highest BCUT2D eigenvalue weighted by Crippen LogP contribution is 2.26. The number of tetrazole rings is 1. The molecule has 3 rings (SSSR count). The second-order valence-corrected chi connectivity index (χ2v) is 5.41. The zero-order valence-corrected chi connectivity index (χ0v) is 11.9. The van der Waals surface area contributed by atoms with Crippen LogP contribution in [0.2, 0.25) is 0 Å². The predicted molar refractivity (Wildman–Crippen MR) is 74.3 cm³/mol. The SMILES string of the molecule is Nc1cc(-c2nnnn2CC2CCCO2)ccc1Br. The summed E-state index contributed by atoms with van der Waals surface area (Å²) >= 11 is 3.38. The van der Waals surface area contributed by atoms with Crippen LogP contribution in [0.3, 0.4) is 0 Å². The molecule has 2 N–H and O–H groups in total. The molecule has 1 aromatic heterocycles. The first-order valence-corrected chi connectivity index (χ1v) is 6.96. The maximum absolute atomic E-state index is 5.89. The molecule has 0 bridgehead atoms. The van der Waals surface area contributed by atoms with Crippen LogP contribution in [0, 0.1) is 0 Å². The Hall–Kier alpha value is -1.47. The van der Waals surface area contributed by atoms with Crippen LogP contribution in [0.1, 0.15) is 12.8 Å². The monoisotopic (exact) mass is 323 g/mol. The summed E-state index contributed by atoms with van der Waals surface area (Å²) in [5, 5.41) is 11.9. The van der Waals surface area contributed by atoms with Gasteiger partial charge in [0.25, 0.3) is 0 Å². The number of hydrogen-bond acceptors (Lipinski definition) is 5. The van der Waals surface area contributed by atoms with Gasteiger partial charge in [-0.15, -0.1) is 5.10 Å². The van der Waals surface area contributed by atoms with E-state index >= 15 is 0 Å². The van der Waals surface area contributed by atoms with E-state index in [9.17, 15) is 0 Å². The summed E-state index contributed by atoms with van der Waals surface area (Å²) in [6.07, 6.45) is 2.37. The van der Waals surface area contributed by atoms with Gasteiger partial charge in [0.05, 0.1) is 12.6 Å². The number of rotatable bonds is 3. The summed E-state index contributed by atoms with van der Waals surface area (Å²) in [5.41, 5.74) is 7.47. The fourth-order valence-corrected chi connectivity index (χ4v) is 2.45. The van der Waals surface area contributed by atoms with Crippen LogP contribution in [0.25, 0.3) is 11.4 Å². The number of aromatic nitrogens is 4. The fourth-order valence-electron chi connectivity index (χ4n) is 2.20. The minimum Gasteiger partial charge on any atom is -0.398 e. The molecule has 1 fully saturated rings. The van der Waals surface area contributed by atoms with E-state index in [-0.39, 0.29) is 6.10 Å². The van der Waals surface area contributed by atoms with Crippen molar-refractivity contribution in [3.8, 4) is 11.4 Å². The molecule has 1 aliphatic heterocycles. The molecule has 1 unspecified atom stereocenters. The molecular weight excluding hydrogens is 310 g/mol. The zero-order chi connectivity index (χ0) is 13.2. The molecule has 7 heteroatoms. The van der Waals surface area contributed by atoms with Crippen molar-refractivity contribution in [2.45, 2.75) is 25.5 Å². The van der Waals surface area contributed by atoms with Gasteiger partial charge in [-0.2, -0.15) is 0 Å². The Morgan fingerprint density at radius 2 is 2.37 bits per heavy atom. The highest BCUT2D eigenvalue weighted by molar-refractivity contribution is 9.10. The van der Waals surface area contributed by atoms with E-state index in [4.69, 9.17) is 10.5 Å². The topological polar surface area (TPSA) is 78.9 Å². The van der Waals surface area contributed by atoms with E-state index in [1.165, 1.54) is 0 Å². The van der Waals surface area contributed by atoms with E-state index < -0.39 is 0 Å². The normalized spacial score (nSPS) is 18.9. The fraction of sp³-hybridized carbons (Fsp3) is 0.417. The molecule has 100 valence electrons. The van der Waals surface area contributed by atoms with Gasteiger partial charge in [0.15, 0.2) is 5.82 Å². The molecular formula is C12H14BrN5O. The molecule has 19 heavy (non-hydrogen) atoms. The molecule has 2 aromatic rings. The van der Waals surface area contributed by atoms with Crippen LogP contribution in [0.4, 0.5) is 5.69 Å². The number of halogens is 1. The maximum Gasteiger partial charge on any atom is 0.182 e. The molecule has 0 aliphatic carbocycles. The maximum atomic E-state index is 5.89. The van der Waals surface area contributed by atoms with Gasteiger partial charge in [-0.1, -0.05) is 0 Å². The molecule has 6 nitrogen and oxygen atoms in total. The second-order valence-electron chi connectivity index (χ2n) is 4.56. The van der Waals surface area contributed by atoms with Crippen molar-refractivity contribution >= 4 is 21.6 Å². The summed E-state index contributed by atoms with van der Waals surface area (Å²) in [5.74, 6) is 0.717. The molecule has 1 aromatic carbocycles. The van der Waals surface area contributed by atoms with Gasteiger partial charge in [0.2, 0.25) is 0 Å².